The summed E-state index contributed by atoms with van der Waals surface area (Å²) in [6.45, 7) is 0.577. The third-order valence-electron chi connectivity index (χ3n) is 2.46. The zero-order valence-electron chi connectivity index (χ0n) is 10.3. The molecule has 1 amide bonds. The van der Waals surface area contributed by atoms with E-state index < -0.39 is 5.97 Å². The first-order valence-corrected chi connectivity index (χ1v) is 7.15. The number of unbranched alkanes of at least 4 members (excludes halogenated alkanes) is 1. The number of nitrogens with one attached hydrogen (secondary N) is 1. The number of aromatic carboxylic acids is 1. The average molecular weight is 267 g/mol. The Balaban J connectivity index is 2.54. The van der Waals surface area contributed by atoms with Gasteiger partial charge in [0.05, 0.1) is 11.1 Å². The summed E-state index contributed by atoms with van der Waals surface area (Å²) in [7, 11) is 0. The summed E-state index contributed by atoms with van der Waals surface area (Å²) < 4.78 is 0. The van der Waals surface area contributed by atoms with Crippen LogP contribution >= 0.6 is 11.8 Å². The van der Waals surface area contributed by atoms with E-state index in [4.69, 9.17) is 5.11 Å². The number of thioether (sulfide) groups is 1. The van der Waals surface area contributed by atoms with Crippen molar-refractivity contribution in [2.75, 3.05) is 18.6 Å². The quantitative estimate of drug-likeness (QED) is 0.744. The molecule has 5 heteroatoms. The Morgan fingerprint density at radius 2 is 1.89 bits per heavy atom. The highest BCUT2D eigenvalue weighted by atomic mass is 32.2. The van der Waals surface area contributed by atoms with Crippen LogP contribution in [-0.4, -0.2) is 35.5 Å². The predicted octanol–water partition coefficient (Wildman–Crippen LogP) is 2.26. The summed E-state index contributed by atoms with van der Waals surface area (Å²) in [5, 5.41) is 11.7. The van der Waals surface area contributed by atoms with Gasteiger partial charge in [-0.05, 0) is 37.0 Å². The lowest BCUT2D eigenvalue weighted by molar-refractivity contribution is 0.0691. The molecule has 0 fully saturated rings. The highest BCUT2D eigenvalue weighted by Crippen LogP contribution is 2.08. The summed E-state index contributed by atoms with van der Waals surface area (Å²) in [4.78, 5) is 22.8. The molecule has 0 aromatic heterocycles. The molecule has 1 aromatic carbocycles. The zero-order valence-corrected chi connectivity index (χ0v) is 11.1. The first kappa shape index (κ1) is 14.6. The van der Waals surface area contributed by atoms with E-state index in [1.165, 1.54) is 12.1 Å². The van der Waals surface area contributed by atoms with E-state index in [0.717, 1.165) is 18.6 Å². The normalized spacial score (nSPS) is 10.1. The van der Waals surface area contributed by atoms with Crippen molar-refractivity contribution in [3.63, 3.8) is 0 Å². The molecule has 1 aromatic rings. The molecule has 2 N–H and O–H groups in total. The Kier molecular flexibility index (Phi) is 6.28. The molecule has 4 nitrogen and oxygen atoms in total. The third kappa shape index (κ3) is 4.41. The fourth-order valence-electron chi connectivity index (χ4n) is 1.54. The van der Waals surface area contributed by atoms with Crippen LogP contribution in [0.2, 0.25) is 0 Å². The number of hydrogen-bond donors (Lipinski definition) is 2. The molecule has 18 heavy (non-hydrogen) atoms. The highest BCUT2D eigenvalue weighted by Gasteiger charge is 2.14. The van der Waals surface area contributed by atoms with Gasteiger partial charge in [-0.2, -0.15) is 11.8 Å². The minimum atomic E-state index is -1.08. The van der Waals surface area contributed by atoms with Crippen molar-refractivity contribution < 1.29 is 14.7 Å². The Labute approximate surface area is 111 Å². The molecular formula is C13H17NO3S. The largest absolute Gasteiger partial charge is 0.478 e. The van der Waals surface area contributed by atoms with Crippen LogP contribution in [0.1, 0.15) is 33.6 Å². The Morgan fingerprint density at radius 3 is 2.50 bits per heavy atom. The van der Waals surface area contributed by atoms with Gasteiger partial charge in [-0.15, -0.1) is 0 Å². The van der Waals surface area contributed by atoms with Gasteiger partial charge in [0, 0.05) is 6.54 Å². The summed E-state index contributed by atoms with van der Waals surface area (Å²) >= 11 is 1.77. The molecular weight excluding hydrogens is 250 g/mol. The van der Waals surface area contributed by atoms with Gasteiger partial charge < -0.3 is 10.4 Å². The van der Waals surface area contributed by atoms with Gasteiger partial charge in [0.1, 0.15) is 0 Å². The predicted molar refractivity (Wildman–Crippen MR) is 73.4 cm³/mol. The Bertz CT molecular complexity index is 420. The van der Waals surface area contributed by atoms with E-state index in [9.17, 15) is 9.59 Å². The van der Waals surface area contributed by atoms with Crippen LogP contribution in [0.3, 0.4) is 0 Å². The smallest absolute Gasteiger partial charge is 0.336 e. The van der Waals surface area contributed by atoms with E-state index in [-0.39, 0.29) is 17.0 Å². The van der Waals surface area contributed by atoms with Gasteiger partial charge in [0.15, 0.2) is 0 Å². The number of amides is 1. The number of benzene rings is 1. The van der Waals surface area contributed by atoms with E-state index in [2.05, 4.69) is 5.32 Å². The maximum Gasteiger partial charge on any atom is 0.336 e. The molecule has 0 radical (unpaired) electrons. The molecule has 0 heterocycles. The minimum absolute atomic E-state index is 0.0408. The molecule has 0 atom stereocenters. The van der Waals surface area contributed by atoms with E-state index >= 15 is 0 Å². The van der Waals surface area contributed by atoms with Gasteiger partial charge in [-0.1, -0.05) is 12.1 Å². The second kappa shape index (κ2) is 7.76. The van der Waals surface area contributed by atoms with Crippen molar-refractivity contribution in [3.05, 3.63) is 35.4 Å². The van der Waals surface area contributed by atoms with E-state index in [1.54, 1.807) is 23.9 Å². The Hall–Kier alpha value is -1.49. The molecule has 0 aliphatic heterocycles. The standard InChI is InChI=1S/C13H17NO3S/c1-18-9-5-4-8-14-12(15)10-6-2-3-7-11(10)13(16)17/h2-3,6-7H,4-5,8-9H2,1H3,(H,14,15)(H,16,17). The fraction of sp³-hybridized carbons (Fsp3) is 0.385. The number of hydrogen-bond acceptors (Lipinski definition) is 3. The van der Waals surface area contributed by atoms with Crippen LogP contribution < -0.4 is 5.32 Å². The van der Waals surface area contributed by atoms with Gasteiger partial charge >= 0.3 is 5.97 Å². The monoisotopic (exact) mass is 267 g/mol. The van der Waals surface area contributed by atoms with Crippen molar-refractivity contribution in [3.8, 4) is 0 Å². The molecule has 0 unspecified atom stereocenters. The number of carbonyl (C=O) groups is 2. The van der Waals surface area contributed by atoms with Crippen molar-refractivity contribution in [2.24, 2.45) is 0 Å². The van der Waals surface area contributed by atoms with Crippen LogP contribution in [-0.2, 0) is 0 Å². The second-order valence-electron chi connectivity index (χ2n) is 3.81. The molecule has 98 valence electrons. The minimum Gasteiger partial charge on any atom is -0.478 e. The van der Waals surface area contributed by atoms with Crippen LogP contribution in [0.25, 0.3) is 0 Å². The summed E-state index contributed by atoms with van der Waals surface area (Å²) in [5.41, 5.74) is 0.258. The van der Waals surface area contributed by atoms with Gasteiger partial charge in [0.25, 0.3) is 5.91 Å². The van der Waals surface area contributed by atoms with Crippen LogP contribution in [0.4, 0.5) is 0 Å². The van der Waals surface area contributed by atoms with E-state index in [0.29, 0.717) is 6.54 Å². The maximum absolute atomic E-state index is 11.8. The first-order valence-electron chi connectivity index (χ1n) is 5.76. The van der Waals surface area contributed by atoms with Gasteiger partial charge in [-0.25, -0.2) is 4.79 Å². The lowest BCUT2D eigenvalue weighted by atomic mass is 10.1. The number of carboxylic acids is 1. The molecule has 0 aliphatic carbocycles. The number of carboxylic acid groups (broad SMARTS) is 1. The molecule has 0 aliphatic rings. The van der Waals surface area contributed by atoms with Crippen LogP contribution in [0, 0.1) is 0 Å². The first-order chi connectivity index (χ1) is 8.66. The third-order valence-corrected chi connectivity index (χ3v) is 3.16. The van der Waals surface area contributed by atoms with Gasteiger partial charge in [0.2, 0.25) is 0 Å². The summed E-state index contributed by atoms with van der Waals surface area (Å²) in [6, 6.07) is 6.24. The van der Waals surface area contributed by atoms with Crippen molar-refractivity contribution in [1.82, 2.24) is 5.32 Å². The maximum atomic E-state index is 11.8. The van der Waals surface area contributed by atoms with Crippen molar-refractivity contribution in [1.29, 1.82) is 0 Å². The molecule has 0 bridgehead atoms. The second-order valence-corrected chi connectivity index (χ2v) is 4.79. The van der Waals surface area contributed by atoms with Crippen molar-refractivity contribution >= 4 is 23.6 Å². The zero-order chi connectivity index (χ0) is 13.4. The van der Waals surface area contributed by atoms with E-state index in [1.807, 2.05) is 6.26 Å². The lowest BCUT2D eigenvalue weighted by Crippen LogP contribution is -2.26. The van der Waals surface area contributed by atoms with Crippen molar-refractivity contribution in [2.45, 2.75) is 12.8 Å². The van der Waals surface area contributed by atoms with Crippen LogP contribution in [0.5, 0.6) is 0 Å². The molecule has 0 saturated heterocycles. The molecule has 0 saturated carbocycles. The Morgan fingerprint density at radius 1 is 1.22 bits per heavy atom. The van der Waals surface area contributed by atoms with Crippen LogP contribution in [0.15, 0.2) is 24.3 Å². The summed E-state index contributed by atoms with van der Waals surface area (Å²) in [5.74, 6) is -0.331. The SMILES string of the molecule is CSCCCCNC(=O)c1ccccc1C(=O)O. The summed E-state index contributed by atoms with van der Waals surface area (Å²) in [6.07, 6.45) is 3.99. The molecule has 0 spiro atoms. The fourth-order valence-corrected chi connectivity index (χ4v) is 2.03. The van der Waals surface area contributed by atoms with Gasteiger partial charge in [-0.3, -0.25) is 4.79 Å². The molecule has 1 rings (SSSR count). The highest BCUT2D eigenvalue weighted by molar-refractivity contribution is 7.98. The number of carbonyl (C=O) groups excluding carboxylic acids is 1. The number of rotatable bonds is 7. The lowest BCUT2D eigenvalue weighted by Gasteiger charge is -2.07. The average Bonchev–Trinajstić information content (AvgIpc) is 2.38. The topological polar surface area (TPSA) is 66.4 Å².